The molecule has 1 saturated heterocycles. The predicted molar refractivity (Wildman–Crippen MR) is 111 cm³/mol. The average Bonchev–Trinajstić information content (AvgIpc) is 3.20. The first-order valence-corrected chi connectivity index (χ1v) is 11.2. The van der Waals surface area contributed by atoms with Gasteiger partial charge >= 0.3 is 0 Å². The first-order chi connectivity index (χ1) is 13.7. The van der Waals surface area contributed by atoms with Gasteiger partial charge in [-0.25, -0.2) is 4.98 Å². The molecule has 1 amide bonds. The number of amides is 1. The summed E-state index contributed by atoms with van der Waals surface area (Å²) in [6.45, 7) is 0.888. The SMILES string of the molecule is COc1ccc(Cl)cc1-c1nc(SCC(=O)N2CCC[C@H]3CCCC[C@H]32)n[nH]1. The van der Waals surface area contributed by atoms with Gasteiger partial charge in [-0.15, -0.1) is 5.10 Å². The predicted octanol–water partition coefficient (Wildman–Crippen LogP) is 4.41. The van der Waals surface area contributed by atoms with E-state index >= 15 is 0 Å². The Morgan fingerprint density at radius 2 is 2.14 bits per heavy atom. The molecule has 4 rings (SSSR count). The van der Waals surface area contributed by atoms with E-state index in [1.54, 1.807) is 25.3 Å². The van der Waals surface area contributed by atoms with Crippen LogP contribution in [0.3, 0.4) is 0 Å². The van der Waals surface area contributed by atoms with E-state index in [-0.39, 0.29) is 5.91 Å². The molecule has 1 aromatic carbocycles. The molecule has 2 atom stereocenters. The number of nitrogens with zero attached hydrogens (tertiary/aromatic N) is 3. The standard InChI is InChI=1S/C20H25ClN4O2S/c1-27-17-9-8-14(21)11-15(17)19-22-20(24-23-19)28-12-18(26)25-10-4-6-13-5-2-3-7-16(13)25/h8-9,11,13,16H,2-7,10,12H2,1H3,(H,22,23,24)/t13-,16-/m1/s1. The van der Waals surface area contributed by atoms with Crippen molar-refractivity contribution >= 4 is 29.3 Å². The summed E-state index contributed by atoms with van der Waals surface area (Å²) in [5, 5.41) is 8.34. The minimum atomic E-state index is 0.202. The Bertz CT molecular complexity index is 841. The maximum Gasteiger partial charge on any atom is 0.233 e. The molecule has 1 N–H and O–H groups in total. The van der Waals surface area contributed by atoms with Gasteiger partial charge in [-0.3, -0.25) is 9.89 Å². The average molecular weight is 421 g/mol. The van der Waals surface area contributed by atoms with Crippen LogP contribution in [0.2, 0.25) is 5.02 Å². The van der Waals surface area contributed by atoms with Crippen molar-refractivity contribution in [2.24, 2.45) is 5.92 Å². The van der Waals surface area contributed by atoms with Crippen LogP contribution in [0.5, 0.6) is 5.75 Å². The normalized spacial score (nSPS) is 22.0. The van der Waals surface area contributed by atoms with Gasteiger partial charge in [0.1, 0.15) is 5.75 Å². The molecule has 2 aliphatic rings. The monoisotopic (exact) mass is 420 g/mol. The Labute approximate surface area is 174 Å². The number of hydrogen-bond donors (Lipinski definition) is 1. The number of ether oxygens (including phenoxy) is 1. The molecule has 1 aromatic heterocycles. The van der Waals surface area contributed by atoms with Gasteiger partial charge in [0.15, 0.2) is 5.82 Å². The number of aromatic amines is 1. The van der Waals surface area contributed by atoms with Crippen LogP contribution < -0.4 is 4.74 Å². The van der Waals surface area contributed by atoms with E-state index in [2.05, 4.69) is 20.1 Å². The van der Waals surface area contributed by atoms with Gasteiger partial charge in [0, 0.05) is 17.6 Å². The second-order valence-corrected chi connectivity index (χ2v) is 8.82. The summed E-state index contributed by atoms with van der Waals surface area (Å²) in [5.74, 6) is 2.52. The van der Waals surface area contributed by atoms with Gasteiger partial charge < -0.3 is 9.64 Å². The first-order valence-electron chi connectivity index (χ1n) is 9.84. The molecule has 0 unspecified atom stereocenters. The van der Waals surface area contributed by atoms with Crippen molar-refractivity contribution in [3.8, 4) is 17.1 Å². The number of H-pyrrole nitrogens is 1. The van der Waals surface area contributed by atoms with Crippen LogP contribution in [-0.2, 0) is 4.79 Å². The molecule has 1 saturated carbocycles. The zero-order valence-electron chi connectivity index (χ0n) is 16.0. The largest absolute Gasteiger partial charge is 0.496 e. The highest BCUT2D eigenvalue weighted by molar-refractivity contribution is 7.99. The number of carbonyl (C=O) groups is 1. The molecular weight excluding hydrogens is 396 g/mol. The van der Waals surface area contributed by atoms with E-state index in [9.17, 15) is 4.79 Å². The third-order valence-electron chi connectivity index (χ3n) is 5.77. The number of benzene rings is 1. The molecule has 0 spiro atoms. The van der Waals surface area contributed by atoms with Gasteiger partial charge in [0.25, 0.3) is 0 Å². The summed E-state index contributed by atoms with van der Waals surface area (Å²) >= 11 is 7.48. The van der Waals surface area contributed by atoms with E-state index in [4.69, 9.17) is 16.3 Å². The van der Waals surface area contributed by atoms with Crippen molar-refractivity contribution in [1.29, 1.82) is 0 Å². The maximum atomic E-state index is 12.9. The second kappa shape index (κ2) is 8.74. The molecule has 1 aliphatic heterocycles. The number of rotatable bonds is 5. The van der Waals surface area contributed by atoms with Crippen molar-refractivity contribution in [2.45, 2.75) is 49.7 Å². The number of fused-ring (bicyclic) bond motifs is 1. The molecule has 1 aliphatic carbocycles. The zero-order valence-corrected chi connectivity index (χ0v) is 17.6. The van der Waals surface area contributed by atoms with Gasteiger partial charge in [0.2, 0.25) is 11.1 Å². The fraction of sp³-hybridized carbons (Fsp3) is 0.550. The highest BCUT2D eigenvalue weighted by Crippen LogP contribution is 2.36. The summed E-state index contributed by atoms with van der Waals surface area (Å²) < 4.78 is 5.38. The van der Waals surface area contributed by atoms with Crippen molar-refractivity contribution in [3.63, 3.8) is 0 Å². The summed E-state index contributed by atoms with van der Waals surface area (Å²) in [4.78, 5) is 19.5. The fourth-order valence-electron chi connectivity index (χ4n) is 4.44. The van der Waals surface area contributed by atoms with Gasteiger partial charge in [-0.1, -0.05) is 36.2 Å². The van der Waals surface area contributed by atoms with Crippen molar-refractivity contribution in [2.75, 3.05) is 19.4 Å². The van der Waals surface area contributed by atoms with Crippen molar-refractivity contribution < 1.29 is 9.53 Å². The summed E-state index contributed by atoms with van der Waals surface area (Å²) in [6, 6.07) is 5.80. The van der Waals surface area contributed by atoms with E-state index in [0.29, 0.717) is 39.5 Å². The number of methoxy groups -OCH3 is 1. The van der Waals surface area contributed by atoms with Gasteiger partial charge in [-0.05, 0) is 49.8 Å². The highest BCUT2D eigenvalue weighted by atomic mass is 35.5. The van der Waals surface area contributed by atoms with Crippen LogP contribution in [0, 0.1) is 5.92 Å². The highest BCUT2D eigenvalue weighted by Gasteiger charge is 2.35. The number of halogens is 1. The van der Waals surface area contributed by atoms with Gasteiger partial charge in [0.05, 0.1) is 18.4 Å². The molecule has 0 bridgehead atoms. The Kier molecular flexibility index (Phi) is 6.11. The number of carbonyl (C=O) groups excluding carboxylic acids is 1. The summed E-state index contributed by atoms with van der Waals surface area (Å²) in [7, 11) is 1.61. The maximum absolute atomic E-state index is 12.9. The first kappa shape index (κ1) is 19.6. The topological polar surface area (TPSA) is 71.1 Å². The van der Waals surface area contributed by atoms with Crippen LogP contribution in [-0.4, -0.2) is 51.4 Å². The lowest BCUT2D eigenvalue weighted by Crippen LogP contribution is -2.50. The van der Waals surface area contributed by atoms with Crippen LogP contribution in [0.15, 0.2) is 23.4 Å². The lowest BCUT2D eigenvalue weighted by molar-refractivity contribution is -0.134. The molecule has 150 valence electrons. The second-order valence-electron chi connectivity index (χ2n) is 7.44. The van der Waals surface area contributed by atoms with Crippen LogP contribution >= 0.6 is 23.4 Å². The summed E-state index contributed by atoms with van der Waals surface area (Å²) in [5.41, 5.74) is 0.752. The number of thioether (sulfide) groups is 1. The van der Waals surface area contributed by atoms with E-state index in [1.165, 1.54) is 37.4 Å². The number of nitrogens with one attached hydrogen (secondary N) is 1. The van der Waals surface area contributed by atoms with E-state index < -0.39 is 0 Å². The van der Waals surface area contributed by atoms with E-state index in [0.717, 1.165) is 24.9 Å². The Balaban J connectivity index is 1.41. The van der Waals surface area contributed by atoms with Crippen molar-refractivity contribution in [1.82, 2.24) is 20.1 Å². The molecular formula is C20H25ClN4O2S. The Hall–Kier alpha value is -1.73. The molecule has 2 fully saturated rings. The number of aromatic nitrogens is 3. The molecule has 8 heteroatoms. The summed E-state index contributed by atoms with van der Waals surface area (Å²) in [6.07, 6.45) is 7.37. The minimum absolute atomic E-state index is 0.202. The zero-order chi connectivity index (χ0) is 19.5. The lowest BCUT2D eigenvalue weighted by Gasteiger charge is -2.44. The third-order valence-corrected chi connectivity index (χ3v) is 6.84. The number of piperidine rings is 1. The minimum Gasteiger partial charge on any atom is -0.496 e. The molecule has 2 heterocycles. The molecule has 2 aromatic rings. The Morgan fingerprint density at radius 3 is 3.00 bits per heavy atom. The quantitative estimate of drug-likeness (QED) is 0.725. The van der Waals surface area contributed by atoms with Crippen molar-refractivity contribution in [3.05, 3.63) is 23.2 Å². The van der Waals surface area contributed by atoms with Crippen LogP contribution in [0.25, 0.3) is 11.4 Å². The van der Waals surface area contributed by atoms with Gasteiger partial charge in [-0.2, -0.15) is 0 Å². The molecule has 0 radical (unpaired) electrons. The third kappa shape index (κ3) is 4.15. The molecule has 6 nitrogen and oxygen atoms in total. The Morgan fingerprint density at radius 1 is 1.32 bits per heavy atom. The van der Waals surface area contributed by atoms with E-state index in [1.807, 2.05) is 0 Å². The fourth-order valence-corrected chi connectivity index (χ4v) is 5.30. The molecule has 28 heavy (non-hydrogen) atoms. The smallest absolute Gasteiger partial charge is 0.233 e. The lowest BCUT2D eigenvalue weighted by atomic mass is 9.78. The number of likely N-dealkylation sites (tertiary alicyclic amines) is 1. The van der Waals surface area contributed by atoms with Crippen LogP contribution in [0.1, 0.15) is 38.5 Å². The van der Waals surface area contributed by atoms with Crippen LogP contribution in [0.4, 0.5) is 0 Å². The number of hydrogen-bond acceptors (Lipinski definition) is 5.